The van der Waals surface area contributed by atoms with E-state index in [-0.39, 0.29) is 0 Å². The first-order chi connectivity index (χ1) is 13.8. The van der Waals surface area contributed by atoms with Gasteiger partial charge in [-0.25, -0.2) is 0 Å². The monoisotopic (exact) mass is 394 g/mol. The molecule has 1 rings (SSSR count). The number of likely N-dealkylation sites (tertiary alicyclic amines) is 1. The van der Waals surface area contributed by atoms with Crippen LogP contribution in [-0.4, -0.2) is 30.7 Å². The van der Waals surface area contributed by atoms with E-state index < -0.39 is 0 Å². The Labute approximate surface area is 179 Å². The molecule has 28 heavy (non-hydrogen) atoms. The van der Waals surface area contributed by atoms with E-state index in [4.69, 9.17) is 0 Å². The molecule has 0 unspecified atom stereocenters. The van der Waals surface area contributed by atoms with E-state index in [0.29, 0.717) is 0 Å². The average molecular weight is 395 g/mol. The Kier molecular flexibility index (Phi) is 17.6. The van der Waals surface area contributed by atoms with Crippen molar-refractivity contribution in [3.63, 3.8) is 0 Å². The predicted molar refractivity (Wildman–Crippen MR) is 128 cm³/mol. The van der Waals surface area contributed by atoms with Crippen LogP contribution in [0.3, 0.4) is 0 Å². The van der Waals surface area contributed by atoms with Gasteiger partial charge in [0.2, 0.25) is 0 Å². The van der Waals surface area contributed by atoms with Crippen LogP contribution < -0.4 is 0 Å². The van der Waals surface area contributed by atoms with Gasteiger partial charge in [-0.3, -0.25) is 0 Å². The lowest BCUT2D eigenvalue weighted by Gasteiger charge is -2.34. The van der Waals surface area contributed by atoms with E-state index in [1.165, 1.54) is 165 Å². The van der Waals surface area contributed by atoms with E-state index in [2.05, 4.69) is 13.8 Å². The topological polar surface area (TPSA) is 0 Å². The van der Waals surface area contributed by atoms with Gasteiger partial charge in [-0.05, 0) is 25.7 Å². The molecule has 1 saturated heterocycles. The molecule has 1 heterocycles. The van der Waals surface area contributed by atoms with Crippen molar-refractivity contribution in [1.29, 1.82) is 0 Å². The van der Waals surface area contributed by atoms with Crippen LogP contribution in [-0.2, 0) is 0 Å². The van der Waals surface area contributed by atoms with Gasteiger partial charge in [0.1, 0.15) is 0 Å². The van der Waals surface area contributed by atoms with Gasteiger partial charge in [-0.2, -0.15) is 0 Å². The minimum atomic E-state index is 1.37. The largest absolute Gasteiger partial charge is 0.324 e. The van der Waals surface area contributed by atoms with Crippen LogP contribution in [0.1, 0.15) is 149 Å². The third-order valence-electron chi connectivity index (χ3n) is 7.24. The highest BCUT2D eigenvalue weighted by Crippen LogP contribution is 2.23. The highest BCUT2D eigenvalue weighted by atomic mass is 15.4. The van der Waals surface area contributed by atoms with Crippen LogP contribution in [0, 0.1) is 0 Å². The van der Waals surface area contributed by atoms with E-state index in [0.717, 1.165) is 0 Å². The molecule has 0 aliphatic carbocycles. The third kappa shape index (κ3) is 14.0. The molecule has 1 heteroatoms. The van der Waals surface area contributed by atoms with Crippen LogP contribution >= 0.6 is 0 Å². The summed E-state index contributed by atoms with van der Waals surface area (Å²) in [6.07, 6.45) is 30.9. The Hall–Kier alpha value is -0.0400. The first kappa shape index (κ1) is 26.0. The van der Waals surface area contributed by atoms with E-state index in [9.17, 15) is 0 Å². The Morgan fingerprint density at radius 3 is 1.04 bits per heavy atom. The van der Waals surface area contributed by atoms with Gasteiger partial charge in [0.25, 0.3) is 0 Å². The number of unbranched alkanes of at least 4 members (excludes halogenated alkanes) is 17. The van der Waals surface area contributed by atoms with E-state index in [1.54, 1.807) is 0 Å². The van der Waals surface area contributed by atoms with E-state index >= 15 is 0 Å². The molecule has 1 fully saturated rings. The van der Waals surface area contributed by atoms with Crippen molar-refractivity contribution in [2.75, 3.05) is 26.2 Å². The second-order valence-electron chi connectivity index (χ2n) is 9.95. The lowest BCUT2D eigenvalue weighted by atomic mass is 10.0. The summed E-state index contributed by atoms with van der Waals surface area (Å²) < 4.78 is 1.49. The fraction of sp³-hybridized carbons (Fsp3) is 1.00. The minimum Gasteiger partial charge on any atom is -0.324 e. The molecule has 0 radical (unpaired) electrons. The third-order valence-corrected chi connectivity index (χ3v) is 7.24. The molecular weight excluding hydrogens is 338 g/mol. The molecule has 0 amide bonds. The molecule has 0 aromatic carbocycles. The summed E-state index contributed by atoms with van der Waals surface area (Å²) in [6, 6.07) is 0. The van der Waals surface area contributed by atoms with Gasteiger partial charge in [-0.1, -0.05) is 110 Å². The number of hydrogen-bond donors (Lipinski definition) is 0. The van der Waals surface area contributed by atoms with Crippen molar-refractivity contribution in [3.8, 4) is 0 Å². The van der Waals surface area contributed by atoms with Crippen LogP contribution in [0.15, 0.2) is 0 Å². The maximum Gasteiger partial charge on any atom is 0.0788 e. The van der Waals surface area contributed by atoms with Crippen LogP contribution in [0.2, 0.25) is 0 Å². The number of nitrogens with zero attached hydrogens (tertiary/aromatic N) is 1. The number of hydrogen-bond acceptors (Lipinski definition) is 0. The highest BCUT2D eigenvalue weighted by Gasteiger charge is 2.30. The van der Waals surface area contributed by atoms with Crippen molar-refractivity contribution < 1.29 is 4.48 Å². The maximum absolute atomic E-state index is 2.33. The number of quaternary nitrogens is 1. The van der Waals surface area contributed by atoms with Crippen molar-refractivity contribution in [1.82, 2.24) is 0 Å². The van der Waals surface area contributed by atoms with Gasteiger partial charge in [-0.15, -0.1) is 0 Å². The quantitative estimate of drug-likeness (QED) is 0.134. The van der Waals surface area contributed by atoms with Gasteiger partial charge in [0.15, 0.2) is 0 Å². The lowest BCUT2D eigenvalue weighted by molar-refractivity contribution is -0.917. The summed E-state index contributed by atoms with van der Waals surface area (Å²) in [5.74, 6) is 0. The fourth-order valence-corrected chi connectivity index (χ4v) is 5.26. The zero-order chi connectivity index (χ0) is 20.2. The zero-order valence-electron chi connectivity index (χ0n) is 20.1. The lowest BCUT2D eigenvalue weighted by Crippen LogP contribution is -2.46. The smallest absolute Gasteiger partial charge is 0.0788 e. The molecule has 0 bridgehead atoms. The Morgan fingerprint density at radius 1 is 0.393 bits per heavy atom. The molecule has 1 aliphatic heterocycles. The molecule has 0 saturated carbocycles. The summed E-state index contributed by atoms with van der Waals surface area (Å²) in [6.45, 7) is 10.6. The Bertz CT molecular complexity index is 305. The van der Waals surface area contributed by atoms with Gasteiger partial charge >= 0.3 is 0 Å². The summed E-state index contributed by atoms with van der Waals surface area (Å²) in [5.41, 5.74) is 0. The molecule has 0 atom stereocenters. The Morgan fingerprint density at radius 2 is 0.679 bits per heavy atom. The molecule has 0 aromatic heterocycles. The van der Waals surface area contributed by atoms with Gasteiger partial charge < -0.3 is 4.48 Å². The molecular formula is C27H56N+. The molecule has 168 valence electrons. The zero-order valence-corrected chi connectivity index (χ0v) is 20.1. The standard InChI is InChI=1S/C27H56N/c1-3-5-7-9-10-11-12-13-14-15-16-17-18-19-21-25-28(26-22-23-27-28)24-20-8-6-4-2/h3-27H2,1-2H3/q+1. The molecule has 0 N–H and O–H groups in total. The Balaban J connectivity index is 1.86. The highest BCUT2D eigenvalue weighted by molar-refractivity contribution is 4.57. The summed E-state index contributed by atoms with van der Waals surface area (Å²) in [7, 11) is 0. The molecule has 1 aliphatic rings. The van der Waals surface area contributed by atoms with Crippen molar-refractivity contribution in [2.24, 2.45) is 0 Å². The van der Waals surface area contributed by atoms with Crippen molar-refractivity contribution in [2.45, 2.75) is 149 Å². The molecule has 1 nitrogen and oxygen atoms in total. The molecule has 0 spiro atoms. The first-order valence-electron chi connectivity index (χ1n) is 13.7. The number of rotatable bonds is 21. The SMILES string of the molecule is CCCCCCCCCCCCCCCCC[N+]1(CCCCCC)CCCC1. The summed E-state index contributed by atoms with van der Waals surface area (Å²) in [4.78, 5) is 0. The van der Waals surface area contributed by atoms with Crippen LogP contribution in [0.4, 0.5) is 0 Å². The van der Waals surface area contributed by atoms with Gasteiger partial charge in [0, 0.05) is 12.8 Å². The average Bonchev–Trinajstić information content (AvgIpc) is 3.17. The minimum absolute atomic E-state index is 1.37. The summed E-state index contributed by atoms with van der Waals surface area (Å²) >= 11 is 0. The van der Waals surface area contributed by atoms with Crippen molar-refractivity contribution >= 4 is 0 Å². The van der Waals surface area contributed by atoms with Crippen LogP contribution in [0.25, 0.3) is 0 Å². The summed E-state index contributed by atoms with van der Waals surface area (Å²) in [5, 5.41) is 0. The normalized spacial score (nSPS) is 16.1. The fourth-order valence-electron chi connectivity index (χ4n) is 5.26. The predicted octanol–water partition coefficient (Wildman–Crippen LogP) is 9.05. The van der Waals surface area contributed by atoms with Crippen LogP contribution in [0.5, 0.6) is 0 Å². The second kappa shape index (κ2) is 19.0. The van der Waals surface area contributed by atoms with Gasteiger partial charge in [0.05, 0.1) is 26.2 Å². The van der Waals surface area contributed by atoms with E-state index in [1.807, 2.05) is 0 Å². The van der Waals surface area contributed by atoms with Crippen molar-refractivity contribution in [3.05, 3.63) is 0 Å². The molecule has 0 aromatic rings. The second-order valence-corrected chi connectivity index (χ2v) is 9.95. The first-order valence-corrected chi connectivity index (χ1v) is 13.7. The maximum atomic E-state index is 2.33.